The Morgan fingerprint density at radius 2 is 1.85 bits per heavy atom. The van der Waals surface area contributed by atoms with Crippen LogP contribution in [0.3, 0.4) is 0 Å². The summed E-state index contributed by atoms with van der Waals surface area (Å²) in [6.07, 6.45) is 3.46. The number of hydrogen-bond donors (Lipinski definition) is 3. The van der Waals surface area contributed by atoms with Crippen molar-refractivity contribution >= 4 is 23.5 Å². The van der Waals surface area contributed by atoms with Crippen molar-refractivity contribution < 1.29 is 19.1 Å². The first kappa shape index (κ1) is 18.4. The molecule has 3 rings (SSSR count). The molecular weight excluding hydrogens is 334 g/mol. The Labute approximate surface area is 152 Å². The van der Waals surface area contributed by atoms with Gasteiger partial charge in [-0.15, -0.1) is 0 Å². The van der Waals surface area contributed by atoms with Gasteiger partial charge in [-0.05, 0) is 48.8 Å². The first-order valence-electron chi connectivity index (χ1n) is 8.97. The Morgan fingerprint density at radius 1 is 1.15 bits per heavy atom. The number of ether oxygens (including phenoxy) is 1. The Kier molecular flexibility index (Phi) is 5.56. The molecule has 2 bridgehead atoms. The van der Waals surface area contributed by atoms with Crippen LogP contribution in [0.25, 0.3) is 0 Å². The van der Waals surface area contributed by atoms with Crippen LogP contribution in [0.2, 0.25) is 0 Å². The molecule has 0 aromatic heterocycles. The van der Waals surface area contributed by atoms with E-state index in [-0.39, 0.29) is 36.7 Å². The maximum atomic E-state index is 12.6. The lowest BCUT2D eigenvalue weighted by atomic mass is 9.84. The lowest BCUT2D eigenvalue weighted by Gasteiger charge is -2.27. The van der Waals surface area contributed by atoms with Crippen molar-refractivity contribution in [2.24, 2.45) is 23.5 Å². The van der Waals surface area contributed by atoms with Crippen molar-refractivity contribution in [3.8, 4) is 0 Å². The van der Waals surface area contributed by atoms with Crippen molar-refractivity contribution in [2.75, 3.05) is 19.0 Å². The van der Waals surface area contributed by atoms with Gasteiger partial charge in [-0.1, -0.05) is 12.1 Å². The highest BCUT2D eigenvalue weighted by Gasteiger charge is 2.49. The number of anilines is 1. The molecule has 0 saturated heterocycles. The van der Waals surface area contributed by atoms with Crippen LogP contribution in [-0.2, 0) is 25.5 Å². The van der Waals surface area contributed by atoms with E-state index in [1.165, 1.54) is 7.11 Å². The number of carbonyl (C=O) groups excluding carboxylic acids is 3. The molecule has 2 saturated carbocycles. The van der Waals surface area contributed by atoms with E-state index < -0.39 is 5.97 Å². The summed E-state index contributed by atoms with van der Waals surface area (Å²) < 4.78 is 4.47. The maximum absolute atomic E-state index is 12.6. The zero-order valence-corrected chi connectivity index (χ0v) is 14.9. The van der Waals surface area contributed by atoms with E-state index in [0.717, 1.165) is 24.8 Å². The summed E-state index contributed by atoms with van der Waals surface area (Å²) in [5, 5.41) is 5.44. The normalized spacial score (nSPS) is 26.4. The van der Waals surface area contributed by atoms with Crippen molar-refractivity contribution in [3.63, 3.8) is 0 Å². The van der Waals surface area contributed by atoms with Crippen LogP contribution in [0.15, 0.2) is 24.3 Å². The van der Waals surface area contributed by atoms with E-state index in [4.69, 9.17) is 5.73 Å². The molecule has 0 radical (unpaired) electrons. The first-order valence-corrected chi connectivity index (χ1v) is 8.97. The van der Waals surface area contributed by atoms with Gasteiger partial charge in [0.15, 0.2) is 0 Å². The topological polar surface area (TPSA) is 111 Å². The predicted molar refractivity (Wildman–Crippen MR) is 96.1 cm³/mol. The molecule has 4 atom stereocenters. The molecular formula is C19H25N3O4. The number of methoxy groups -OCH3 is 1. The van der Waals surface area contributed by atoms with Crippen molar-refractivity contribution in [1.29, 1.82) is 0 Å². The average molecular weight is 359 g/mol. The van der Waals surface area contributed by atoms with Gasteiger partial charge in [-0.3, -0.25) is 14.4 Å². The van der Waals surface area contributed by atoms with Gasteiger partial charge in [0.2, 0.25) is 11.8 Å². The van der Waals surface area contributed by atoms with E-state index in [1.54, 1.807) is 24.3 Å². The maximum Gasteiger partial charge on any atom is 0.325 e. The van der Waals surface area contributed by atoms with Gasteiger partial charge in [0, 0.05) is 11.7 Å². The quantitative estimate of drug-likeness (QED) is 0.652. The molecule has 2 aliphatic carbocycles. The summed E-state index contributed by atoms with van der Waals surface area (Å²) in [7, 11) is 1.27. The van der Waals surface area contributed by atoms with E-state index >= 15 is 0 Å². The third-order valence-corrected chi connectivity index (χ3v) is 5.53. The highest BCUT2D eigenvalue weighted by atomic mass is 16.5. The molecule has 0 aliphatic heterocycles. The van der Waals surface area contributed by atoms with Crippen LogP contribution in [0.1, 0.15) is 24.8 Å². The van der Waals surface area contributed by atoms with E-state index in [9.17, 15) is 14.4 Å². The Bertz CT molecular complexity index is 687. The highest BCUT2D eigenvalue weighted by molar-refractivity contribution is 5.93. The molecule has 2 amide bonds. The fraction of sp³-hybridized carbons (Fsp3) is 0.526. The second-order valence-electron chi connectivity index (χ2n) is 7.15. The molecule has 0 heterocycles. The number of rotatable bonds is 6. The molecule has 7 heteroatoms. The first-order chi connectivity index (χ1) is 12.5. The number of nitrogens with two attached hydrogens (primary N) is 1. The zero-order chi connectivity index (χ0) is 18.7. The largest absolute Gasteiger partial charge is 0.468 e. The van der Waals surface area contributed by atoms with Gasteiger partial charge >= 0.3 is 5.97 Å². The van der Waals surface area contributed by atoms with Crippen LogP contribution < -0.4 is 16.4 Å². The molecule has 4 unspecified atom stereocenters. The van der Waals surface area contributed by atoms with E-state index in [1.807, 2.05) is 0 Å². The summed E-state index contributed by atoms with van der Waals surface area (Å²) in [5.74, 6) is 0.0376. The van der Waals surface area contributed by atoms with Crippen molar-refractivity contribution in [1.82, 2.24) is 5.32 Å². The molecule has 2 fully saturated rings. The third kappa shape index (κ3) is 4.04. The lowest BCUT2D eigenvalue weighted by Crippen LogP contribution is -2.42. The Balaban J connectivity index is 1.51. The molecule has 140 valence electrons. The minimum Gasteiger partial charge on any atom is -0.468 e. The van der Waals surface area contributed by atoms with Gasteiger partial charge in [-0.25, -0.2) is 0 Å². The van der Waals surface area contributed by atoms with Gasteiger partial charge in [0.25, 0.3) is 0 Å². The minimum atomic E-state index is -0.491. The molecule has 1 aromatic rings. The summed E-state index contributed by atoms with van der Waals surface area (Å²) >= 11 is 0. The Hall–Kier alpha value is -2.41. The van der Waals surface area contributed by atoms with E-state index in [0.29, 0.717) is 17.5 Å². The summed E-state index contributed by atoms with van der Waals surface area (Å²) in [6.45, 7) is -0.146. The van der Waals surface area contributed by atoms with Crippen LogP contribution in [0, 0.1) is 17.8 Å². The highest BCUT2D eigenvalue weighted by Crippen LogP contribution is 2.47. The molecule has 2 aliphatic rings. The zero-order valence-electron chi connectivity index (χ0n) is 14.9. The number of benzene rings is 1. The van der Waals surface area contributed by atoms with Crippen LogP contribution in [0.4, 0.5) is 5.69 Å². The number of amides is 2. The molecule has 7 nitrogen and oxygen atoms in total. The lowest BCUT2D eigenvalue weighted by molar-refractivity contribution is -0.141. The second kappa shape index (κ2) is 7.86. The SMILES string of the molecule is COC(=O)CNC(=O)Cc1ccc(NC(=O)C2C3CCC(C3)C2N)cc1. The number of nitrogens with one attached hydrogen (secondary N) is 2. The molecule has 0 spiro atoms. The van der Waals surface area contributed by atoms with Gasteiger partial charge in [0.1, 0.15) is 6.54 Å². The number of esters is 1. The summed E-state index contributed by atoms with van der Waals surface area (Å²) in [6, 6.07) is 7.09. The molecule has 4 N–H and O–H groups in total. The van der Waals surface area contributed by atoms with Crippen LogP contribution in [0.5, 0.6) is 0 Å². The predicted octanol–water partition coefficient (Wildman–Crippen LogP) is 0.830. The van der Waals surface area contributed by atoms with Gasteiger partial charge in [-0.2, -0.15) is 0 Å². The third-order valence-electron chi connectivity index (χ3n) is 5.53. The minimum absolute atomic E-state index is 0.00623. The number of hydrogen-bond acceptors (Lipinski definition) is 5. The number of carbonyl (C=O) groups is 3. The molecule has 26 heavy (non-hydrogen) atoms. The molecule has 1 aromatic carbocycles. The van der Waals surface area contributed by atoms with Gasteiger partial charge < -0.3 is 21.1 Å². The van der Waals surface area contributed by atoms with Crippen LogP contribution >= 0.6 is 0 Å². The Morgan fingerprint density at radius 3 is 2.46 bits per heavy atom. The van der Waals surface area contributed by atoms with Crippen LogP contribution in [-0.4, -0.2) is 37.5 Å². The number of fused-ring (bicyclic) bond motifs is 2. The summed E-state index contributed by atoms with van der Waals surface area (Å²) in [5.41, 5.74) is 7.71. The fourth-order valence-corrected chi connectivity index (χ4v) is 4.15. The second-order valence-corrected chi connectivity index (χ2v) is 7.15. The van der Waals surface area contributed by atoms with Gasteiger partial charge in [0.05, 0.1) is 19.4 Å². The fourth-order valence-electron chi connectivity index (χ4n) is 4.15. The van der Waals surface area contributed by atoms with Crippen molar-refractivity contribution in [3.05, 3.63) is 29.8 Å². The average Bonchev–Trinajstić information content (AvgIpc) is 3.22. The standard InChI is InChI=1S/C19H25N3O4/c1-26-16(24)10-21-15(23)8-11-2-6-14(7-3-11)22-19(25)17-12-4-5-13(9-12)18(17)20/h2-3,6-7,12-13,17-18H,4-5,8-10,20H2,1H3,(H,21,23)(H,22,25). The summed E-state index contributed by atoms with van der Waals surface area (Å²) in [4.78, 5) is 35.3. The van der Waals surface area contributed by atoms with Crippen molar-refractivity contribution in [2.45, 2.75) is 31.7 Å². The smallest absolute Gasteiger partial charge is 0.325 e. The monoisotopic (exact) mass is 359 g/mol. The van der Waals surface area contributed by atoms with E-state index in [2.05, 4.69) is 15.4 Å².